The number of pyridine rings is 1. The highest BCUT2D eigenvalue weighted by molar-refractivity contribution is 5.70. The quantitative estimate of drug-likeness (QED) is 0.844. The minimum Gasteiger partial charge on any atom is -0.481 e. The Morgan fingerprint density at radius 1 is 1.56 bits per heavy atom. The highest BCUT2D eigenvalue weighted by Crippen LogP contribution is 2.13. The SMILES string of the molecule is Cc1ccc2c(CC(C)C(=O)O)nnn2c1. The number of aromatic nitrogens is 3. The standard InChI is InChI=1S/C11H13N3O2/c1-7-3-4-10-9(5-8(2)11(15)16)12-13-14(10)6-7/h3-4,6,8H,5H2,1-2H3,(H,15,16). The third-order valence-corrected chi connectivity index (χ3v) is 2.56. The van der Waals surface area contributed by atoms with Crippen molar-refractivity contribution in [3.05, 3.63) is 29.6 Å². The van der Waals surface area contributed by atoms with E-state index in [1.54, 1.807) is 11.4 Å². The lowest BCUT2D eigenvalue weighted by molar-refractivity contribution is -0.141. The van der Waals surface area contributed by atoms with Gasteiger partial charge in [-0.15, -0.1) is 5.10 Å². The first-order valence-electron chi connectivity index (χ1n) is 5.11. The van der Waals surface area contributed by atoms with E-state index in [1.807, 2.05) is 25.3 Å². The number of carboxylic acid groups (broad SMARTS) is 1. The first-order chi connectivity index (χ1) is 7.58. The van der Waals surface area contributed by atoms with Gasteiger partial charge in [0.05, 0.1) is 17.1 Å². The highest BCUT2D eigenvalue weighted by atomic mass is 16.4. The third kappa shape index (κ3) is 1.88. The molecule has 2 aromatic heterocycles. The summed E-state index contributed by atoms with van der Waals surface area (Å²) in [5.41, 5.74) is 2.70. The Kier molecular flexibility index (Phi) is 2.60. The van der Waals surface area contributed by atoms with Crippen molar-refractivity contribution >= 4 is 11.5 Å². The Morgan fingerprint density at radius 3 is 3.00 bits per heavy atom. The van der Waals surface area contributed by atoms with E-state index >= 15 is 0 Å². The van der Waals surface area contributed by atoms with Crippen molar-refractivity contribution < 1.29 is 9.90 Å². The Labute approximate surface area is 92.7 Å². The zero-order valence-electron chi connectivity index (χ0n) is 9.21. The summed E-state index contributed by atoms with van der Waals surface area (Å²) in [6.45, 7) is 3.64. The molecule has 84 valence electrons. The molecule has 5 heteroatoms. The maximum Gasteiger partial charge on any atom is 0.306 e. The van der Waals surface area contributed by atoms with Gasteiger partial charge in [-0.1, -0.05) is 18.2 Å². The van der Waals surface area contributed by atoms with Gasteiger partial charge in [0.2, 0.25) is 0 Å². The predicted molar refractivity (Wildman–Crippen MR) is 58.2 cm³/mol. The van der Waals surface area contributed by atoms with Crippen molar-refractivity contribution in [3.8, 4) is 0 Å². The Hall–Kier alpha value is -1.91. The van der Waals surface area contributed by atoms with E-state index in [2.05, 4.69) is 10.3 Å². The Morgan fingerprint density at radius 2 is 2.31 bits per heavy atom. The van der Waals surface area contributed by atoms with E-state index in [1.165, 1.54) is 0 Å². The Balaban J connectivity index is 2.35. The molecule has 0 aliphatic heterocycles. The molecule has 5 nitrogen and oxygen atoms in total. The maximum atomic E-state index is 10.8. The summed E-state index contributed by atoms with van der Waals surface area (Å²) in [4.78, 5) is 10.8. The molecule has 0 saturated heterocycles. The minimum atomic E-state index is -0.812. The van der Waals surface area contributed by atoms with E-state index in [0.29, 0.717) is 6.42 Å². The summed E-state index contributed by atoms with van der Waals surface area (Å²) in [5, 5.41) is 16.8. The van der Waals surface area contributed by atoms with Gasteiger partial charge < -0.3 is 5.11 Å². The van der Waals surface area contributed by atoms with Gasteiger partial charge in [-0.25, -0.2) is 4.52 Å². The summed E-state index contributed by atoms with van der Waals surface area (Å²) in [6, 6.07) is 3.88. The number of nitrogens with zero attached hydrogens (tertiary/aromatic N) is 3. The lowest BCUT2D eigenvalue weighted by atomic mass is 10.1. The van der Waals surface area contributed by atoms with Crippen LogP contribution in [0.15, 0.2) is 18.3 Å². The van der Waals surface area contributed by atoms with Crippen LogP contribution >= 0.6 is 0 Å². The number of fused-ring (bicyclic) bond motifs is 1. The van der Waals surface area contributed by atoms with E-state index in [4.69, 9.17) is 5.11 Å². The first-order valence-corrected chi connectivity index (χ1v) is 5.11. The molecule has 0 amide bonds. The zero-order chi connectivity index (χ0) is 11.7. The molecule has 0 spiro atoms. The third-order valence-electron chi connectivity index (χ3n) is 2.56. The highest BCUT2D eigenvalue weighted by Gasteiger charge is 2.15. The molecule has 0 aliphatic carbocycles. The van der Waals surface area contributed by atoms with Gasteiger partial charge in [-0.3, -0.25) is 4.79 Å². The molecule has 1 N–H and O–H groups in total. The lowest BCUT2D eigenvalue weighted by Gasteiger charge is -2.02. The van der Waals surface area contributed by atoms with Gasteiger partial charge in [-0.05, 0) is 18.6 Å². The maximum absolute atomic E-state index is 10.8. The van der Waals surface area contributed by atoms with Gasteiger partial charge in [0.15, 0.2) is 0 Å². The largest absolute Gasteiger partial charge is 0.481 e. The lowest BCUT2D eigenvalue weighted by Crippen LogP contribution is -2.12. The van der Waals surface area contributed by atoms with E-state index < -0.39 is 11.9 Å². The van der Waals surface area contributed by atoms with Crippen LogP contribution in [0.2, 0.25) is 0 Å². The van der Waals surface area contributed by atoms with Crippen LogP contribution in [0.5, 0.6) is 0 Å². The van der Waals surface area contributed by atoms with E-state index in [9.17, 15) is 4.79 Å². The van der Waals surface area contributed by atoms with Crippen LogP contribution in [0, 0.1) is 12.8 Å². The molecular weight excluding hydrogens is 206 g/mol. The van der Waals surface area contributed by atoms with Gasteiger partial charge in [0, 0.05) is 12.6 Å². The van der Waals surface area contributed by atoms with Crippen molar-refractivity contribution in [2.45, 2.75) is 20.3 Å². The van der Waals surface area contributed by atoms with Crippen LogP contribution in [-0.4, -0.2) is 25.9 Å². The van der Waals surface area contributed by atoms with Crippen molar-refractivity contribution in [1.82, 2.24) is 14.8 Å². The molecule has 0 aliphatic rings. The number of carboxylic acids is 1. The van der Waals surface area contributed by atoms with Gasteiger partial charge >= 0.3 is 5.97 Å². The smallest absolute Gasteiger partial charge is 0.306 e. The molecule has 0 bridgehead atoms. The van der Waals surface area contributed by atoms with Gasteiger partial charge in [0.1, 0.15) is 0 Å². The number of rotatable bonds is 3. The van der Waals surface area contributed by atoms with Gasteiger partial charge in [-0.2, -0.15) is 0 Å². The van der Waals surface area contributed by atoms with Crippen LogP contribution in [0.3, 0.4) is 0 Å². The summed E-state index contributed by atoms with van der Waals surface area (Å²) in [6.07, 6.45) is 2.28. The molecule has 2 aromatic rings. The van der Waals surface area contributed by atoms with Crippen molar-refractivity contribution in [2.24, 2.45) is 5.92 Å². The fourth-order valence-corrected chi connectivity index (χ4v) is 1.57. The van der Waals surface area contributed by atoms with Crippen LogP contribution in [0.25, 0.3) is 5.52 Å². The molecule has 0 aromatic carbocycles. The summed E-state index contributed by atoms with van der Waals surface area (Å²) >= 11 is 0. The molecule has 1 unspecified atom stereocenters. The predicted octanol–water partition coefficient (Wildman–Crippen LogP) is 1.30. The topological polar surface area (TPSA) is 67.5 Å². The van der Waals surface area contributed by atoms with Crippen LogP contribution in [-0.2, 0) is 11.2 Å². The number of hydrogen-bond acceptors (Lipinski definition) is 3. The summed E-state index contributed by atoms with van der Waals surface area (Å²) < 4.78 is 1.68. The number of hydrogen-bond donors (Lipinski definition) is 1. The molecule has 2 rings (SSSR count). The molecule has 1 atom stereocenters. The molecule has 0 saturated carbocycles. The molecule has 2 heterocycles. The molecule has 0 radical (unpaired) electrons. The minimum absolute atomic E-state index is 0.405. The number of aliphatic carboxylic acids is 1. The Bertz CT molecular complexity index is 533. The van der Waals surface area contributed by atoms with Gasteiger partial charge in [0.25, 0.3) is 0 Å². The number of carbonyl (C=O) groups is 1. The monoisotopic (exact) mass is 219 g/mol. The second-order valence-electron chi connectivity index (χ2n) is 4.02. The van der Waals surface area contributed by atoms with Crippen molar-refractivity contribution in [1.29, 1.82) is 0 Å². The number of aryl methyl sites for hydroxylation is 1. The summed E-state index contributed by atoms with van der Waals surface area (Å²) in [7, 11) is 0. The second-order valence-corrected chi connectivity index (χ2v) is 4.02. The molecule has 0 fully saturated rings. The fourth-order valence-electron chi connectivity index (χ4n) is 1.57. The van der Waals surface area contributed by atoms with Crippen LogP contribution in [0.4, 0.5) is 0 Å². The van der Waals surface area contributed by atoms with Crippen LogP contribution < -0.4 is 0 Å². The average molecular weight is 219 g/mol. The first kappa shape index (κ1) is 10.6. The molecule has 16 heavy (non-hydrogen) atoms. The van der Waals surface area contributed by atoms with Crippen LogP contribution in [0.1, 0.15) is 18.2 Å². The fraction of sp³-hybridized carbons (Fsp3) is 0.364. The van der Waals surface area contributed by atoms with Crippen molar-refractivity contribution in [2.75, 3.05) is 0 Å². The normalized spacial score (nSPS) is 12.9. The van der Waals surface area contributed by atoms with E-state index in [-0.39, 0.29) is 0 Å². The molecular formula is C11H13N3O2. The van der Waals surface area contributed by atoms with E-state index in [0.717, 1.165) is 16.8 Å². The average Bonchev–Trinajstić information content (AvgIpc) is 2.60. The van der Waals surface area contributed by atoms with Crippen molar-refractivity contribution in [3.63, 3.8) is 0 Å². The summed E-state index contributed by atoms with van der Waals surface area (Å²) in [5.74, 6) is -1.25. The zero-order valence-corrected chi connectivity index (χ0v) is 9.21. The second kappa shape index (κ2) is 3.92.